The number of rotatable bonds is 4. The number of hydrogen-bond donors (Lipinski definition) is 0. The summed E-state index contributed by atoms with van der Waals surface area (Å²) in [4.78, 5) is 0. The summed E-state index contributed by atoms with van der Waals surface area (Å²) in [6.45, 7) is 22.6. The lowest BCUT2D eigenvalue weighted by atomic mass is 9.74. The molecule has 0 fully saturated rings. The highest BCUT2D eigenvalue weighted by Crippen LogP contribution is 2.45. The number of ether oxygens (including phenoxy) is 1. The van der Waals surface area contributed by atoms with Crippen LogP contribution in [0.25, 0.3) is 0 Å². The molecule has 0 radical (unpaired) electrons. The van der Waals surface area contributed by atoms with E-state index in [1.54, 1.807) is 7.11 Å². The number of nitrogens with zero attached hydrogens (tertiary/aromatic N) is 1. The van der Waals surface area contributed by atoms with Crippen LogP contribution in [0.1, 0.15) is 92.3 Å². The molecular formula is C23H37BrNOP. The summed E-state index contributed by atoms with van der Waals surface area (Å²) in [6, 6.07) is 4.73. The van der Waals surface area contributed by atoms with Crippen molar-refractivity contribution in [3.63, 3.8) is 0 Å². The maximum Gasteiger partial charge on any atom is 0.170 e. The Balaban J connectivity index is 3.85. The SMILES string of the molecule is CC/C(P=Nc1c(C(C)(C)C)cc(C(C)(C)C)cc1C(C)(C)C)=C(\Br)OC. The van der Waals surface area contributed by atoms with Crippen LogP contribution in [0, 0.1) is 0 Å². The first-order chi connectivity index (χ1) is 12.1. The summed E-state index contributed by atoms with van der Waals surface area (Å²) in [7, 11) is 2.62. The Morgan fingerprint density at radius 3 is 1.67 bits per heavy atom. The summed E-state index contributed by atoms with van der Waals surface area (Å²) in [5, 5.41) is 1.15. The smallest absolute Gasteiger partial charge is 0.170 e. The van der Waals surface area contributed by atoms with Gasteiger partial charge in [0.25, 0.3) is 0 Å². The van der Waals surface area contributed by atoms with Crippen LogP contribution in [0.5, 0.6) is 0 Å². The van der Waals surface area contributed by atoms with Crippen molar-refractivity contribution in [2.45, 2.75) is 91.9 Å². The molecule has 0 aliphatic rings. The Morgan fingerprint density at radius 1 is 0.926 bits per heavy atom. The van der Waals surface area contributed by atoms with E-state index < -0.39 is 0 Å². The Bertz CT molecular complexity index is 693. The zero-order chi connectivity index (χ0) is 21.2. The second-order valence-electron chi connectivity index (χ2n) is 10.1. The van der Waals surface area contributed by atoms with Crippen molar-refractivity contribution in [2.75, 3.05) is 7.11 Å². The molecule has 0 aromatic heterocycles. The molecule has 0 atom stereocenters. The lowest BCUT2D eigenvalue weighted by Crippen LogP contribution is -2.21. The fourth-order valence-corrected chi connectivity index (χ4v) is 4.06. The van der Waals surface area contributed by atoms with Crippen LogP contribution in [0.2, 0.25) is 0 Å². The molecule has 4 heteroatoms. The molecule has 0 saturated carbocycles. The first-order valence-corrected chi connectivity index (χ1v) is 11.3. The average molecular weight is 454 g/mol. The topological polar surface area (TPSA) is 21.6 Å². The summed E-state index contributed by atoms with van der Waals surface area (Å²) in [5.74, 6) is 0. The van der Waals surface area contributed by atoms with Gasteiger partial charge in [-0.25, -0.2) is 4.74 Å². The number of allylic oxidation sites excluding steroid dienone is 1. The first kappa shape index (κ1) is 24.4. The molecule has 0 unspecified atom stereocenters. The van der Waals surface area contributed by atoms with E-state index >= 15 is 0 Å². The van der Waals surface area contributed by atoms with Crippen LogP contribution in [0.3, 0.4) is 0 Å². The molecule has 1 aromatic carbocycles. The maximum atomic E-state index is 5.38. The van der Waals surface area contributed by atoms with E-state index in [1.165, 1.54) is 16.7 Å². The van der Waals surface area contributed by atoms with Gasteiger partial charge < -0.3 is 4.74 Å². The number of methoxy groups -OCH3 is 1. The Labute approximate surface area is 177 Å². The third kappa shape index (κ3) is 6.43. The highest BCUT2D eigenvalue weighted by Gasteiger charge is 2.29. The van der Waals surface area contributed by atoms with E-state index in [2.05, 4.69) is 97.3 Å². The van der Waals surface area contributed by atoms with Gasteiger partial charge in [-0.05, 0) is 55.3 Å². The van der Waals surface area contributed by atoms with Gasteiger partial charge in [0, 0.05) is 13.7 Å². The first-order valence-electron chi connectivity index (χ1n) is 9.66. The zero-order valence-corrected chi connectivity index (χ0v) is 21.5. The molecule has 152 valence electrons. The van der Waals surface area contributed by atoms with Crippen molar-refractivity contribution in [3.8, 4) is 0 Å². The predicted molar refractivity (Wildman–Crippen MR) is 125 cm³/mol. The van der Waals surface area contributed by atoms with E-state index in [1.807, 2.05) is 0 Å². The lowest BCUT2D eigenvalue weighted by molar-refractivity contribution is 0.325. The van der Waals surface area contributed by atoms with E-state index in [4.69, 9.17) is 9.48 Å². The number of halogens is 1. The molecule has 0 amide bonds. The van der Waals surface area contributed by atoms with Crippen molar-refractivity contribution in [3.05, 3.63) is 38.8 Å². The molecule has 0 aliphatic heterocycles. The van der Waals surface area contributed by atoms with Crippen LogP contribution in [-0.2, 0) is 21.0 Å². The van der Waals surface area contributed by atoms with Gasteiger partial charge >= 0.3 is 0 Å². The lowest BCUT2D eigenvalue weighted by Gasteiger charge is -2.32. The maximum absolute atomic E-state index is 5.38. The third-order valence-electron chi connectivity index (χ3n) is 4.60. The normalized spacial score (nSPS) is 14.5. The van der Waals surface area contributed by atoms with Crippen LogP contribution in [0.4, 0.5) is 5.69 Å². The van der Waals surface area contributed by atoms with Gasteiger partial charge in [0.1, 0.15) is 0 Å². The van der Waals surface area contributed by atoms with Gasteiger partial charge in [-0.3, -0.25) is 0 Å². The van der Waals surface area contributed by atoms with E-state index in [-0.39, 0.29) is 16.2 Å². The standard InChI is InChI=1S/C23H37BrNOP/c1-12-18(20(24)26-11)27-25-19-16(22(5,6)7)13-15(21(2,3)4)14-17(19)23(8,9)10/h13-14H,12H2,1-11H3/b20-18-. The zero-order valence-electron chi connectivity index (χ0n) is 19.0. The summed E-state index contributed by atoms with van der Waals surface area (Å²) in [5.41, 5.74) is 5.27. The average Bonchev–Trinajstić information content (AvgIpc) is 2.51. The van der Waals surface area contributed by atoms with Crippen LogP contribution >= 0.6 is 24.3 Å². The van der Waals surface area contributed by atoms with Gasteiger partial charge in [0.2, 0.25) is 0 Å². The molecule has 0 spiro atoms. The Hall–Kier alpha value is -0.660. The Kier molecular flexibility index (Phi) is 7.93. The van der Waals surface area contributed by atoms with Gasteiger partial charge in [-0.2, -0.15) is 0 Å². The minimum atomic E-state index is 0.0180. The number of benzene rings is 1. The highest BCUT2D eigenvalue weighted by atomic mass is 79.9. The van der Waals surface area contributed by atoms with Crippen molar-refractivity contribution >= 4 is 30.0 Å². The minimum absolute atomic E-state index is 0.0180. The summed E-state index contributed by atoms with van der Waals surface area (Å²) in [6.07, 6.45) is 0.898. The van der Waals surface area contributed by atoms with Crippen molar-refractivity contribution in [2.24, 2.45) is 4.74 Å². The molecule has 0 bridgehead atoms. The monoisotopic (exact) mass is 453 g/mol. The molecule has 1 rings (SSSR count). The summed E-state index contributed by atoms with van der Waals surface area (Å²) < 4.78 is 11.3. The second-order valence-corrected chi connectivity index (χ2v) is 11.8. The Morgan fingerprint density at radius 2 is 1.37 bits per heavy atom. The van der Waals surface area contributed by atoms with Gasteiger partial charge in [-0.1, -0.05) is 81.4 Å². The molecule has 2 nitrogen and oxygen atoms in total. The van der Waals surface area contributed by atoms with Crippen LogP contribution in [-0.4, -0.2) is 7.11 Å². The van der Waals surface area contributed by atoms with Crippen molar-refractivity contribution in [1.82, 2.24) is 0 Å². The minimum Gasteiger partial charge on any atom is -0.489 e. The fourth-order valence-electron chi connectivity index (χ4n) is 2.80. The van der Waals surface area contributed by atoms with Crippen LogP contribution < -0.4 is 0 Å². The molecular weight excluding hydrogens is 417 g/mol. The fraction of sp³-hybridized carbons (Fsp3) is 0.652. The number of hydrogen-bond acceptors (Lipinski definition) is 2. The van der Waals surface area contributed by atoms with E-state index in [0.717, 1.165) is 30.5 Å². The second kappa shape index (κ2) is 8.78. The molecule has 0 aliphatic carbocycles. The molecule has 0 N–H and O–H groups in total. The molecule has 0 saturated heterocycles. The van der Waals surface area contributed by atoms with Gasteiger partial charge in [-0.15, -0.1) is 0 Å². The largest absolute Gasteiger partial charge is 0.489 e. The van der Waals surface area contributed by atoms with Crippen molar-refractivity contribution < 1.29 is 4.74 Å². The van der Waals surface area contributed by atoms with Gasteiger partial charge in [0.05, 0.1) is 12.8 Å². The molecule has 0 heterocycles. The predicted octanol–water partition coefficient (Wildman–Crippen LogP) is 8.96. The quantitative estimate of drug-likeness (QED) is 0.329. The highest BCUT2D eigenvalue weighted by molar-refractivity contribution is 9.11. The molecule has 27 heavy (non-hydrogen) atoms. The molecule has 1 aromatic rings. The van der Waals surface area contributed by atoms with Crippen molar-refractivity contribution in [1.29, 1.82) is 0 Å². The van der Waals surface area contributed by atoms with Gasteiger partial charge in [0.15, 0.2) is 4.67 Å². The van der Waals surface area contributed by atoms with E-state index in [9.17, 15) is 0 Å². The third-order valence-corrected chi connectivity index (χ3v) is 6.77. The van der Waals surface area contributed by atoms with E-state index in [0.29, 0.717) is 0 Å². The van der Waals surface area contributed by atoms with Crippen LogP contribution in [0.15, 0.2) is 26.9 Å². The summed E-state index contributed by atoms with van der Waals surface area (Å²) >= 11 is 3.52.